The largest absolute Gasteiger partial charge is 0.316 e. The van der Waals surface area contributed by atoms with E-state index in [1.165, 1.54) is 6.07 Å². The van der Waals surface area contributed by atoms with E-state index >= 15 is 0 Å². The molecule has 0 spiro atoms. The first-order valence-electron chi connectivity index (χ1n) is 5.39. The van der Waals surface area contributed by atoms with Gasteiger partial charge >= 0.3 is 0 Å². The summed E-state index contributed by atoms with van der Waals surface area (Å²) in [5.74, 6) is -0.206. The predicted molar refractivity (Wildman–Crippen MR) is 72.3 cm³/mol. The Kier molecular flexibility index (Phi) is 3.92. The predicted octanol–water partition coefficient (Wildman–Crippen LogP) is 3.97. The minimum Gasteiger partial charge on any atom is -0.316 e. The van der Waals surface area contributed by atoms with E-state index < -0.39 is 0 Å². The van der Waals surface area contributed by atoms with Crippen LogP contribution in [0.15, 0.2) is 46.9 Å². The van der Waals surface area contributed by atoms with Gasteiger partial charge < -0.3 is 5.32 Å². The molecular weight excluding hydrogens is 281 g/mol. The third-order valence-corrected chi connectivity index (χ3v) is 3.12. The number of hydrogen-bond donors (Lipinski definition) is 1. The highest BCUT2D eigenvalue weighted by Gasteiger charge is 2.06. The summed E-state index contributed by atoms with van der Waals surface area (Å²) in [7, 11) is 1.88. The fraction of sp³-hybridized carbons (Fsp3) is 0.143. The quantitative estimate of drug-likeness (QED) is 0.903. The summed E-state index contributed by atoms with van der Waals surface area (Å²) < 4.78 is 14.3. The summed E-state index contributed by atoms with van der Waals surface area (Å²) in [6.45, 7) is 0.728. The molecule has 3 heteroatoms. The van der Waals surface area contributed by atoms with E-state index in [9.17, 15) is 4.39 Å². The molecule has 17 heavy (non-hydrogen) atoms. The maximum atomic E-state index is 13.3. The van der Waals surface area contributed by atoms with Gasteiger partial charge in [0.05, 0.1) is 0 Å². The molecule has 0 aliphatic carbocycles. The van der Waals surface area contributed by atoms with Crippen LogP contribution in [-0.4, -0.2) is 7.05 Å². The second-order valence-corrected chi connectivity index (χ2v) is 4.75. The van der Waals surface area contributed by atoms with Crippen molar-refractivity contribution in [3.63, 3.8) is 0 Å². The highest BCUT2D eigenvalue weighted by molar-refractivity contribution is 9.10. The van der Waals surface area contributed by atoms with Crippen LogP contribution >= 0.6 is 15.9 Å². The fourth-order valence-corrected chi connectivity index (χ4v) is 2.06. The van der Waals surface area contributed by atoms with E-state index in [0.29, 0.717) is 0 Å². The third-order valence-electron chi connectivity index (χ3n) is 2.59. The van der Waals surface area contributed by atoms with Gasteiger partial charge in [0.2, 0.25) is 0 Å². The van der Waals surface area contributed by atoms with E-state index in [0.717, 1.165) is 27.7 Å². The van der Waals surface area contributed by atoms with Gasteiger partial charge in [-0.25, -0.2) is 4.39 Å². The van der Waals surface area contributed by atoms with Crippen molar-refractivity contribution in [1.29, 1.82) is 0 Å². The van der Waals surface area contributed by atoms with Crippen molar-refractivity contribution in [3.8, 4) is 11.1 Å². The molecule has 1 nitrogen and oxygen atoms in total. The first-order valence-corrected chi connectivity index (χ1v) is 6.19. The molecule has 0 saturated carbocycles. The van der Waals surface area contributed by atoms with E-state index in [1.807, 2.05) is 37.4 Å². The van der Waals surface area contributed by atoms with Crippen LogP contribution in [0.25, 0.3) is 11.1 Å². The molecule has 0 unspecified atom stereocenters. The zero-order chi connectivity index (χ0) is 12.3. The Balaban J connectivity index is 2.48. The number of rotatable bonds is 3. The summed E-state index contributed by atoms with van der Waals surface area (Å²) in [5, 5.41) is 3.09. The number of halogens is 2. The first kappa shape index (κ1) is 12.3. The lowest BCUT2D eigenvalue weighted by Gasteiger charge is -2.09. The van der Waals surface area contributed by atoms with Crippen molar-refractivity contribution < 1.29 is 4.39 Å². The van der Waals surface area contributed by atoms with E-state index in [1.54, 1.807) is 6.07 Å². The molecule has 0 heterocycles. The van der Waals surface area contributed by atoms with Crippen LogP contribution in [0.5, 0.6) is 0 Å². The zero-order valence-corrected chi connectivity index (χ0v) is 11.1. The van der Waals surface area contributed by atoms with Gasteiger partial charge in [0.1, 0.15) is 5.82 Å². The summed E-state index contributed by atoms with van der Waals surface area (Å²) in [6, 6.07) is 12.8. The van der Waals surface area contributed by atoms with Gasteiger partial charge in [-0.2, -0.15) is 0 Å². The average molecular weight is 294 g/mol. The molecule has 2 rings (SSSR count). The van der Waals surface area contributed by atoms with Crippen LogP contribution in [0.1, 0.15) is 5.56 Å². The maximum absolute atomic E-state index is 13.3. The van der Waals surface area contributed by atoms with Crippen LogP contribution in [-0.2, 0) is 6.54 Å². The monoisotopic (exact) mass is 293 g/mol. The lowest BCUT2D eigenvalue weighted by atomic mass is 9.99. The molecule has 0 radical (unpaired) electrons. The van der Waals surface area contributed by atoms with Gasteiger partial charge in [0.15, 0.2) is 0 Å². The topological polar surface area (TPSA) is 12.0 Å². The van der Waals surface area contributed by atoms with Crippen molar-refractivity contribution in [2.24, 2.45) is 0 Å². The van der Waals surface area contributed by atoms with E-state index in [-0.39, 0.29) is 5.82 Å². The molecule has 0 amide bonds. The fourth-order valence-electron chi connectivity index (χ4n) is 1.79. The molecule has 88 valence electrons. The molecule has 0 bridgehead atoms. The molecule has 0 saturated heterocycles. The van der Waals surface area contributed by atoms with Crippen LogP contribution in [0.3, 0.4) is 0 Å². The van der Waals surface area contributed by atoms with Crippen LogP contribution in [0.2, 0.25) is 0 Å². The molecule has 0 aliphatic rings. The van der Waals surface area contributed by atoms with Crippen molar-refractivity contribution in [2.45, 2.75) is 6.54 Å². The molecule has 0 aromatic heterocycles. The summed E-state index contributed by atoms with van der Waals surface area (Å²) in [4.78, 5) is 0. The van der Waals surface area contributed by atoms with Gasteiger partial charge in [-0.15, -0.1) is 0 Å². The minimum absolute atomic E-state index is 0.206. The molecule has 2 aromatic carbocycles. The molecule has 0 aliphatic heterocycles. The maximum Gasteiger partial charge on any atom is 0.123 e. The summed E-state index contributed by atoms with van der Waals surface area (Å²) >= 11 is 3.40. The van der Waals surface area contributed by atoms with Crippen LogP contribution in [0, 0.1) is 5.82 Å². The SMILES string of the molecule is CNCc1ccc(F)cc1-c1ccc(Br)cc1. The van der Waals surface area contributed by atoms with Gasteiger partial charge in [0.25, 0.3) is 0 Å². The Bertz CT molecular complexity index is 508. The number of hydrogen-bond acceptors (Lipinski definition) is 1. The lowest BCUT2D eigenvalue weighted by Crippen LogP contribution is -2.06. The number of benzene rings is 2. The second kappa shape index (κ2) is 5.43. The van der Waals surface area contributed by atoms with Crippen LogP contribution < -0.4 is 5.32 Å². The second-order valence-electron chi connectivity index (χ2n) is 3.84. The Morgan fingerprint density at radius 3 is 2.47 bits per heavy atom. The Hall–Kier alpha value is -1.19. The van der Waals surface area contributed by atoms with Crippen LogP contribution in [0.4, 0.5) is 4.39 Å². The van der Waals surface area contributed by atoms with E-state index in [2.05, 4.69) is 21.2 Å². The lowest BCUT2D eigenvalue weighted by molar-refractivity contribution is 0.627. The van der Waals surface area contributed by atoms with E-state index in [4.69, 9.17) is 0 Å². The standard InChI is InChI=1S/C14H13BrFN/c1-17-9-11-4-7-13(16)8-14(11)10-2-5-12(15)6-3-10/h2-8,17H,9H2,1H3. The molecule has 1 N–H and O–H groups in total. The highest BCUT2D eigenvalue weighted by atomic mass is 79.9. The zero-order valence-electron chi connectivity index (χ0n) is 9.50. The molecule has 0 atom stereocenters. The van der Waals surface area contributed by atoms with Crippen molar-refractivity contribution in [2.75, 3.05) is 7.05 Å². The van der Waals surface area contributed by atoms with Gasteiger partial charge in [0, 0.05) is 11.0 Å². The van der Waals surface area contributed by atoms with Crippen molar-refractivity contribution >= 4 is 15.9 Å². The van der Waals surface area contributed by atoms with Gasteiger partial charge in [-0.3, -0.25) is 0 Å². The highest BCUT2D eigenvalue weighted by Crippen LogP contribution is 2.26. The third kappa shape index (κ3) is 2.93. The normalized spacial score (nSPS) is 10.5. The van der Waals surface area contributed by atoms with Crippen molar-refractivity contribution in [1.82, 2.24) is 5.32 Å². The first-order chi connectivity index (χ1) is 8.20. The summed E-state index contributed by atoms with van der Waals surface area (Å²) in [6.07, 6.45) is 0. The average Bonchev–Trinajstić information content (AvgIpc) is 2.33. The minimum atomic E-state index is -0.206. The van der Waals surface area contributed by atoms with Gasteiger partial charge in [-0.1, -0.05) is 34.1 Å². The Labute approximate surface area is 109 Å². The number of nitrogens with one attached hydrogen (secondary N) is 1. The molecular formula is C14H13BrFN. The Morgan fingerprint density at radius 2 is 1.82 bits per heavy atom. The Morgan fingerprint density at radius 1 is 1.12 bits per heavy atom. The van der Waals surface area contributed by atoms with Crippen molar-refractivity contribution in [3.05, 3.63) is 58.3 Å². The molecule has 2 aromatic rings. The smallest absolute Gasteiger partial charge is 0.123 e. The molecule has 0 fully saturated rings. The van der Waals surface area contributed by atoms with Gasteiger partial charge in [-0.05, 0) is 48.0 Å². The summed E-state index contributed by atoms with van der Waals surface area (Å²) in [5.41, 5.74) is 3.06.